The molecule has 1 saturated heterocycles. The van der Waals surface area contributed by atoms with E-state index in [0.29, 0.717) is 28.0 Å². The highest BCUT2D eigenvalue weighted by molar-refractivity contribution is 7.85. The molecule has 37 heavy (non-hydrogen) atoms. The summed E-state index contributed by atoms with van der Waals surface area (Å²) in [5, 5.41) is 7.82. The summed E-state index contributed by atoms with van der Waals surface area (Å²) in [6.45, 7) is 9.15. The van der Waals surface area contributed by atoms with Crippen molar-refractivity contribution in [2.75, 3.05) is 13.7 Å². The van der Waals surface area contributed by atoms with Gasteiger partial charge < -0.3 is 21.1 Å². The lowest BCUT2D eigenvalue weighted by Gasteiger charge is -2.34. The van der Waals surface area contributed by atoms with Crippen LogP contribution in [0.5, 0.6) is 5.75 Å². The van der Waals surface area contributed by atoms with Gasteiger partial charge in [0.1, 0.15) is 5.75 Å². The normalized spacial score (nSPS) is 17.8. The van der Waals surface area contributed by atoms with Crippen molar-refractivity contribution in [3.63, 3.8) is 0 Å². The van der Waals surface area contributed by atoms with Crippen molar-refractivity contribution in [1.29, 1.82) is 0 Å². The van der Waals surface area contributed by atoms with Gasteiger partial charge in [-0.25, -0.2) is 4.98 Å². The predicted molar refractivity (Wildman–Crippen MR) is 150 cm³/mol. The smallest absolute Gasteiger partial charge is 0.313 e. The number of ether oxygens (including phenoxy) is 1. The van der Waals surface area contributed by atoms with Crippen molar-refractivity contribution in [1.82, 2.24) is 15.6 Å². The minimum Gasteiger partial charge on any atom is -0.496 e. The number of rotatable bonds is 6. The number of hydrogen-bond acceptors (Lipinski definition) is 8. The molecule has 1 aromatic heterocycles. The molecule has 2 aliphatic carbocycles. The topological polar surface area (TPSA) is 127 Å². The Labute approximate surface area is 224 Å². The van der Waals surface area contributed by atoms with E-state index in [1.54, 1.807) is 21.0 Å². The van der Waals surface area contributed by atoms with Crippen LogP contribution in [-0.2, 0) is 16.7 Å². The molecular weight excluding hydrogens is 508 g/mol. The first kappa shape index (κ1) is 29.2. The van der Waals surface area contributed by atoms with E-state index in [1.165, 1.54) is 46.4 Å². The Morgan fingerprint density at radius 3 is 2.46 bits per heavy atom. The Balaban J connectivity index is 0.000000213. The number of hydrogen-bond donors (Lipinski definition) is 4. The predicted octanol–water partition coefficient (Wildman–Crippen LogP) is 4.62. The highest BCUT2D eigenvalue weighted by Gasteiger charge is 2.28. The Bertz CT molecular complexity index is 1270. The molecule has 3 aliphatic rings. The van der Waals surface area contributed by atoms with E-state index in [9.17, 15) is 8.42 Å². The molecule has 1 aliphatic heterocycles. The highest BCUT2D eigenvalue weighted by Crippen LogP contribution is 2.47. The van der Waals surface area contributed by atoms with Gasteiger partial charge in [0, 0.05) is 34.6 Å². The maximum atomic E-state index is 10.6. The number of aromatic nitrogens is 1. The van der Waals surface area contributed by atoms with E-state index in [4.69, 9.17) is 15.0 Å². The third-order valence-electron chi connectivity index (χ3n) is 5.87. The van der Waals surface area contributed by atoms with E-state index >= 15 is 0 Å². The van der Waals surface area contributed by atoms with Crippen molar-refractivity contribution in [3.8, 4) is 16.9 Å². The van der Waals surface area contributed by atoms with E-state index in [-0.39, 0.29) is 5.03 Å². The Morgan fingerprint density at radius 2 is 1.92 bits per heavy atom. The van der Waals surface area contributed by atoms with Crippen molar-refractivity contribution in [2.24, 2.45) is 5.73 Å². The molecule has 1 aromatic carbocycles. The fourth-order valence-electron chi connectivity index (χ4n) is 4.34. The van der Waals surface area contributed by atoms with Gasteiger partial charge >= 0.3 is 10.1 Å². The number of methoxy groups -OCH3 is 1. The van der Waals surface area contributed by atoms with E-state index in [2.05, 4.69) is 58.1 Å². The van der Waals surface area contributed by atoms with E-state index in [1.807, 2.05) is 13.8 Å². The highest BCUT2D eigenvalue weighted by atomic mass is 32.2. The van der Waals surface area contributed by atoms with Crippen LogP contribution in [0.15, 0.2) is 47.5 Å². The molecule has 0 unspecified atom stereocenters. The van der Waals surface area contributed by atoms with Gasteiger partial charge in [0.2, 0.25) is 0 Å². The second-order valence-electron chi connectivity index (χ2n) is 9.50. The Hall–Kier alpha value is -2.34. The Morgan fingerprint density at radius 1 is 1.24 bits per heavy atom. The largest absolute Gasteiger partial charge is 0.496 e. The molecule has 0 spiro atoms. The summed E-state index contributed by atoms with van der Waals surface area (Å²) in [6, 6.07) is 16.4. The summed E-state index contributed by atoms with van der Waals surface area (Å²) in [6.07, 6.45) is 2.44. The monoisotopic (exact) mass is 546 g/mol. The molecule has 202 valence electrons. The molecule has 5 N–H and O–H groups in total. The van der Waals surface area contributed by atoms with Gasteiger partial charge in [-0.2, -0.15) is 8.42 Å². The summed E-state index contributed by atoms with van der Waals surface area (Å²) in [4.78, 5) is 4.18. The second-order valence-corrected chi connectivity index (χ2v) is 12.2. The number of aryl methyl sites for hydroxylation is 2. The lowest BCUT2D eigenvalue weighted by Crippen LogP contribution is -2.45. The number of benzene rings is 2. The lowest BCUT2D eigenvalue weighted by molar-refractivity contribution is 0.303. The van der Waals surface area contributed by atoms with Gasteiger partial charge in [-0.15, -0.1) is 11.3 Å². The molecule has 2 aromatic rings. The molecule has 0 amide bonds. The zero-order valence-corrected chi connectivity index (χ0v) is 23.7. The van der Waals surface area contributed by atoms with Crippen molar-refractivity contribution < 1.29 is 17.7 Å². The van der Waals surface area contributed by atoms with E-state index < -0.39 is 10.1 Å². The average molecular weight is 547 g/mol. The van der Waals surface area contributed by atoms with Crippen molar-refractivity contribution in [3.05, 3.63) is 63.5 Å². The number of fused-ring (bicyclic) bond motifs is 1. The van der Waals surface area contributed by atoms with Crippen molar-refractivity contribution >= 4 is 21.5 Å². The number of nitrogens with two attached hydrogens (primary N) is 1. The van der Waals surface area contributed by atoms with Gasteiger partial charge in [0.25, 0.3) is 0 Å². The first-order valence-electron chi connectivity index (χ1n) is 12.4. The zero-order chi connectivity index (χ0) is 27.2. The van der Waals surface area contributed by atoms with Gasteiger partial charge in [-0.05, 0) is 62.5 Å². The molecule has 0 radical (unpaired) electrons. The van der Waals surface area contributed by atoms with Crippen LogP contribution in [0.2, 0.25) is 0 Å². The first-order chi connectivity index (χ1) is 17.5. The van der Waals surface area contributed by atoms with Crippen LogP contribution in [0.3, 0.4) is 0 Å². The van der Waals surface area contributed by atoms with Crippen LogP contribution >= 0.6 is 11.3 Å². The maximum absolute atomic E-state index is 10.6. The summed E-state index contributed by atoms with van der Waals surface area (Å²) in [5.41, 5.74) is 10.4. The minimum absolute atomic E-state index is 0.222. The quantitative estimate of drug-likeness (QED) is 0.258. The van der Waals surface area contributed by atoms with Gasteiger partial charge in [0.15, 0.2) is 5.03 Å². The second kappa shape index (κ2) is 12.9. The number of piperidine rings is 1. The molecule has 2 atom stereocenters. The minimum atomic E-state index is -4.11. The van der Waals surface area contributed by atoms with Gasteiger partial charge in [-0.3, -0.25) is 4.55 Å². The lowest BCUT2D eigenvalue weighted by atomic mass is 9.92. The summed E-state index contributed by atoms with van der Waals surface area (Å²) < 4.78 is 35.3. The molecule has 1 fully saturated rings. The van der Waals surface area contributed by atoms with E-state index in [0.717, 1.165) is 18.8 Å². The van der Waals surface area contributed by atoms with Crippen LogP contribution in [0.4, 0.5) is 0 Å². The van der Waals surface area contributed by atoms with Crippen molar-refractivity contribution in [2.45, 2.75) is 70.2 Å². The SMILES string of the molecule is CC(C)N.COc1c(CN[C@H]2CCCN[C@H]2c2ccccc2)cc2cc1-2.Cc1nc(S(=O)(=O)O)c(C)s1. The third kappa shape index (κ3) is 8.33. The summed E-state index contributed by atoms with van der Waals surface area (Å²) >= 11 is 1.25. The molecule has 0 bridgehead atoms. The van der Waals surface area contributed by atoms with Crippen LogP contribution < -0.4 is 21.1 Å². The molecule has 0 saturated carbocycles. The summed E-state index contributed by atoms with van der Waals surface area (Å²) in [7, 11) is -2.35. The number of nitrogens with one attached hydrogen (secondary N) is 2. The van der Waals surface area contributed by atoms with Crippen LogP contribution in [0.25, 0.3) is 11.1 Å². The van der Waals surface area contributed by atoms with Gasteiger partial charge in [0.05, 0.1) is 12.1 Å². The first-order valence-corrected chi connectivity index (χ1v) is 14.7. The average Bonchev–Trinajstić information content (AvgIpc) is 3.37. The number of nitrogens with zero attached hydrogens (tertiary/aromatic N) is 1. The fraction of sp³-hybridized carbons (Fsp3) is 0.444. The zero-order valence-electron chi connectivity index (χ0n) is 22.1. The van der Waals surface area contributed by atoms with Crippen LogP contribution in [-0.4, -0.2) is 43.7 Å². The Kier molecular flexibility index (Phi) is 10.2. The fourth-order valence-corrected chi connectivity index (χ4v) is 6.17. The molecule has 10 heteroatoms. The van der Waals surface area contributed by atoms with Gasteiger partial charge in [-0.1, -0.05) is 44.2 Å². The third-order valence-corrected chi connectivity index (χ3v) is 7.78. The van der Waals surface area contributed by atoms with Crippen LogP contribution in [0.1, 0.15) is 53.7 Å². The molecule has 5 rings (SSSR count). The summed E-state index contributed by atoms with van der Waals surface area (Å²) in [5.74, 6) is 1.06. The maximum Gasteiger partial charge on any atom is 0.313 e. The molecule has 8 nitrogen and oxygen atoms in total. The van der Waals surface area contributed by atoms with Crippen LogP contribution in [0, 0.1) is 13.8 Å². The molecular formula is C27H38N4O4S2. The molecule has 2 heterocycles. The standard InChI is InChI=1S/C19H22N2O.C5H7NO3S2.C3H9N/c1-22-19-15(10-14-11-16(14)19)12-21-17-8-5-9-20-18(17)13-6-3-2-4-7-13;1-3-5(11(7,8)9)6-4(2)10-3;1-3(2)4/h2-4,6-7,10-11,17-18,20-21H,5,8-9,12H2,1H3;1-2H3,(H,7,8,9);3H,4H2,1-2H3/t17-,18-;;/m0../s1. The number of thiazole rings is 1.